The average Bonchev–Trinajstić information content (AvgIpc) is 2.74. The highest BCUT2D eigenvalue weighted by Crippen LogP contribution is 2.22. The number of amides is 1. The number of hydrogen-bond acceptors (Lipinski definition) is 3. The van der Waals surface area contributed by atoms with E-state index < -0.39 is 0 Å². The van der Waals surface area contributed by atoms with Crippen LogP contribution in [0, 0.1) is 5.92 Å². The summed E-state index contributed by atoms with van der Waals surface area (Å²) in [6.45, 7) is 8.17. The summed E-state index contributed by atoms with van der Waals surface area (Å²) in [5.74, 6) is 1.38. The Hall–Kier alpha value is -2.49. The van der Waals surface area contributed by atoms with Crippen LogP contribution in [0.25, 0.3) is 0 Å². The zero-order chi connectivity index (χ0) is 19.1. The van der Waals surface area contributed by atoms with Gasteiger partial charge in [-0.2, -0.15) is 0 Å². The molecule has 3 rings (SSSR count). The molecule has 0 saturated carbocycles. The molecule has 1 aliphatic rings. The Morgan fingerprint density at radius 1 is 0.926 bits per heavy atom. The number of carbonyl (C=O) groups is 1. The van der Waals surface area contributed by atoms with Crippen LogP contribution in [0.3, 0.4) is 0 Å². The molecule has 0 spiro atoms. The number of anilines is 1. The monoisotopic (exact) mass is 366 g/mol. The Morgan fingerprint density at radius 2 is 1.56 bits per heavy atom. The maximum atomic E-state index is 12.5. The van der Waals surface area contributed by atoms with Crippen molar-refractivity contribution in [1.82, 2.24) is 4.90 Å². The van der Waals surface area contributed by atoms with Crippen LogP contribution in [0.5, 0.6) is 5.75 Å². The molecule has 0 aliphatic carbocycles. The van der Waals surface area contributed by atoms with Gasteiger partial charge in [0.2, 0.25) is 5.91 Å². The second-order valence-corrected chi connectivity index (χ2v) is 7.09. The number of hydrogen-bond donors (Lipinski definition) is 0. The summed E-state index contributed by atoms with van der Waals surface area (Å²) in [6, 6.07) is 18.5. The van der Waals surface area contributed by atoms with Crippen LogP contribution in [0.2, 0.25) is 0 Å². The minimum absolute atomic E-state index is 0.178. The molecule has 0 N–H and O–H groups in total. The van der Waals surface area contributed by atoms with Crippen LogP contribution < -0.4 is 9.64 Å². The van der Waals surface area contributed by atoms with Crippen molar-refractivity contribution in [1.29, 1.82) is 0 Å². The molecule has 1 amide bonds. The van der Waals surface area contributed by atoms with Gasteiger partial charge in [0, 0.05) is 37.8 Å². The van der Waals surface area contributed by atoms with Gasteiger partial charge in [0.15, 0.2) is 0 Å². The molecule has 1 aliphatic heterocycles. The standard InChI is InChI=1S/C23H30N2O2/c1-3-20(4-2)23(26)25-16-14-24(15-17-25)21-10-12-22(13-11-21)27-18-19-8-6-5-7-9-19/h5-13,20H,3-4,14-18H2,1-2H3. The first-order chi connectivity index (χ1) is 13.2. The highest BCUT2D eigenvalue weighted by atomic mass is 16.5. The molecule has 4 heteroatoms. The van der Waals surface area contributed by atoms with E-state index in [4.69, 9.17) is 4.74 Å². The summed E-state index contributed by atoms with van der Waals surface area (Å²) >= 11 is 0. The lowest BCUT2D eigenvalue weighted by molar-refractivity contribution is -0.136. The second kappa shape index (κ2) is 9.45. The van der Waals surface area contributed by atoms with E-state index in [0.717, 1.165) is 44.8 Å². The lowest BCUT2D eigenvalue weighted by atomic mass is 10.0. The third-order valence-electron chi connectivity index (χ3n) is 5.38. The first kappa shape index (κ1) is 19.3. The maximum Gasteiger partial charge on any atom is 0.225 e. The molecular weight excluding hydrogens is 336 g/mol. The van der Waals surface area contributed by atoms with E-state index in [1.165, 1.54) is 11.3 Å². The van der Waals surface area contributed by atoms with Gasteiger partial charge in [-0.1, -0.05) is 44.2 Å². The fourth-order valence-electron chi connectivity index (χ4n) is 3.58. The number of nitrogens with zero attached hydrogens (tertiary/aromatic N) is 2. The number of piperazine rings is 1. The molecule has 0 unspecified atom stereocenters. The third-order valence-corrected chi connectivity index (χ3v) is 5.38. The Labute approximate surface area is 162 Å². The van der Waals surface area contributed by atoms with E-state index >= 15 is 0 Å². The normalized spacial score (nSPS) is 14.5. The smallest absolute Gasteiger partial charge is 0.225 e. The number of ether oxygens (including phenoxy) is 1. The first-order valence-electron chi connectivity index (χ1n) is 10.0. The van der Waals surface area contributed by atoms with Crippen LogP contribution in [0.15, 0.2) is 54.6 Å². The predicted molar refractivity (Wildman–Crippen MR) is 110 cm³/mol. The summed E-state index contributed by atoms with van der Waals surface area (Å²) in [5, 5.41) is 0. The van der Waals surface area contributed by atoms with Gasteiger partial charge >= 0.3 is 0 Å². The van der Waals surface area contributed by atoms with Gasteiger partial charge in [-0.15, -0.1) is 0 Å². The Balaban J connectivity index is 1.50. The van der Waals surface area contributed by atoms with Crippen LogP contribution >= 0.6 is 0 Å². The minimum Gasteiger partial charge on any atom is -0.489 e. The molecule has 144 valence electrons. The van der Waals surface area contributed by atoms with Crippen molar-refractivity contribution in [2.45, 2.75) is 33.3 Å². The predicted octanol–water partition coefficient (Wildman–Crippen LogP) is 4.35. The zero-order valence-corrected chi connectivity index (χ0v) is 16.4. The summed E-state index contributed by atoms with van der Waals surface area (Å²) in [4.78, 5) is 16.9. The topological polar surface area (TPSA) is 32.8 Å². The van der Waals surface area contributed by atoms with Crippen LogP contribution in [0.4, 0.5) is 5.69 Å². The van der Waals surface area contributed by atoms with E-state index in [0.29, 0.717) is 12.5 Å². The van der Waals surface area contributed by atoms with Gasteiger partial charge in [0.1, 0.15) is 12.4 Å². The zero-order valence-electron chi connectivity index (χ0n) is 16.4. The van der Waals surface area contributed by atoms with E-state index in [1.807, 2.05) is 35.2 Å². The van der Waals surface area contributed by atoms with Gasteiger partial charge in [-0.25, -0.2) is 0 Å². The molecule has 2 aromatic rings. The largest absolute Gasteiger partial charge is 0.489 e. The van der Waals surface area contributed by atoms with Gasteiger partial charge in [-0.05, 0) is 42.7 Å². The molecular formula is C23H30N2O2. The van der Waals surface area contributed by atoms with Crippen LogP contribution in [-0.2, 0) is 11.4 Å². The quantitative estimate of drug-likeness (QED) is 0.730. The maximum absolute atomic E-state index is 12.5. The highest BCUT2D eigenvalue weighted by Gasteiger charge is 2.25. The SMILES string of the molecule is CCC(CC)C(=O)N1CCN(c2ccc(OCc3ccccc3)cc2)CC1. The molecule has 1 heterocycles. The molecule has 27 heavy (non-hydrogen) atoms. The minimum atomic E-state index is 0.178. The first-order valence-corrected chi connectivity index (χ1v) is 10.0. The van der Waals surface area contributed by atoms with E-state index in [-0.39, 0.29) is 5.92 Å². The summed E-state index contributed by atoms with van der Waals surface area (Å²) in [5.41, 5.74) is 2.36. The van der Waals surface area contributed by atoms with Crippen molar-refractivity contribution < 1.29 is 9.53 Å². The van der Waals surface area contributed by atoms with Gasteiger partial charge in [-0.3, -0.25) is 4.79 Å². The van der Waals surface area contributed by atoms with Gasteiger partial charge in [0.25, 0.3) is 0 Å². The lowest BCUT2D eigenvalue weighted by Crippen LogP contribution is -2.50. The third kappa shape index (κ3) is 5.03. The Bertz CT molecular complexity index is 703. The van der Waals surface area contributed by atoms with E-state index in [2.05, 4.69) is 43.0 Å². The molecule has 4 nitrogen and oxygen atoms in total. The fraction of sp³-hybridized carbons (Fsp3) is 0.435. The summed E-state index contributed by atoms with van der Waals surface area (Å²) in [7, 11) is 0. The van der Waals surface area contributed by atoms with Crippen molar-refractivity contribution >= 4 is 11.6 Å². The number of carbonyl (C=O) groups excluding carboxylic acids is 1. The van der Waals surface area contributed by atoms with E-state index in [1.54, 1.807) is 0 Å². The van der Waals surface area contributed by atoms with Crippen LogP contribution in [0.1, 0.15) is 32.3 Å². The molecule has 2 aromatic carbocycles. The molecule has 0 aromatic heterocycles. The molecule has 1 fully saturated rings. The summed E-state index contributed by atoms with van der Waals surface area (Å²) in [6.07, 6.45) is 1.86. The summed E-state index contributed by atoms with van der Waals surface area (Å²) < 4.78 is 5.86. The Morgan fingerprint density at radius 3 is 2.15 bits per heavy atom. The molecule has 1 saturated heterocycles. The van der Waals surface area contributed by atoms with Crippen LogP contribution in [-0.4, -0.2) is 37.0 Å². The van der Waals surface area contributed by atoms with Crippen molar-refractivity contribution in [2.75, 3.05) is 31.1 Å². The molecule has 0 atom stereocenters. The van der Waals surface area contributed by atoms with E-state index in [9.17, 15) is 4.79 Å². The molecule has 0 radical (unpaired) electrons. The van der Waals surface area contributed by atoms with Crippen molar-refractivity contribution in [3.8, 4) is 5.75 Å². The molecule has 0 bridgehead atoms. The average molecular weight is 367 g/mol. The van der Waals surface area contributed by atoms with Gasteiger partial charge in [0.05, 0.1) is 0 Å². The number of rotatable bonds is 7. The van der Waals surface area contributed by atoms with Crippen molar-refractivity contribution in [2.24, 2.45) is 5.92 Å². The number of benzene rings is 2. The van der Waals surface area contributed by atoms with Gasteiger partial charge < -0.3 is 14.5 Å². The lowest BCUT2D eigenvalue weighted by Gasteiger charge is -2.37. The highest BCUT2D eigenvalue weighted by molar-refractivity contribution is 5.79. The van der Waals surface area contributed by atoms with Crippen molar-refractivity contribution in [3.05, 3.63) is 60.2 Å². The van der Waals surface area contributed by atoms with Crippen molar-refractivity contribution in [3.63, 3.8) is 0 Å². The Kier molecular flexibility index (Phi) is 6.74. The fourth-order valence-corrected chi connectivity index (χ4v) is 3.58. The second-order valence-electron chi connectivity index (χ2n) is 7.09.